The molecule has 0 saturated heterocycles. The molecule has 0 aliphatic heterocycles. The predicted octanol–water partition coefficient (Wildman–Crippen LogP) is 6.85. The van der Waals surface area contributed by atoms with E-state index in [2.05, 4.69) is 47.0 Å². The Labute approximate surface area is 188 Å². The molecule has 0 atom stereocenters. The quantitative estimate of drug-likeness (QED) is 0.423. The third-order valence-electron chi connectivity index (χ3n) is 4.25. The maximum atomic E-state index is 12.4. The molecule has 29 heavy (non-hydrogen) atoms. The van der Waals surface area contributed by atoms with Gasteiger partial charge in [0, 0.05) is 25.5 Å². The number of aryl methyl sites for hydroxylation is 1. The van der Waals surface area contributed by atoms with Crippen LogP contribution in [-0.4, -0.2) is 17.5 Å². The number of amides is 1. The Morgan fingerprint density at radius 3 is 2.69 bits per heavy atom. The zero-order valence-corrected chi connectivity index (χ0v) is 19.8. The average Bonchev–Trinajstić information content (AvgIpc) is 3.00. The number of halogens is 2. The Morgan fingerprint density at radius 2 is 2.00 bits per heavy atom. The molecule has 0 bridgehead atoms. The van der Waals surface area contributed by atoms with Crippen LogP contribution in [0.15, 0.2) is 46.9 Å². The van der Waals surface area contributed by atoms with Crippen molar-refractivity contribution < 1.29 is 9.53 Å². The van der Waals surface area contributed by atoms with Crippen molar-refractivity contribution in [3.63, 3.8) is 0 Å². The summed E-state index contributed by atoms with van der Waals surface area (Å²) in [5, 5.41) is 4.02. The van der Waals surface area contributed by atoms with Crippen molar-refractivity contribution in [3.8, 4) is 17.0 Å². The molecule has 1 amide bonds. The number of nitrogens with one attached hydrogen (secondary N) is 1. The van der Waals surface area contributed by atoms with E-state index < -0.39 is 0 Å². The number of hydrogen-bond donors (Lipinski definition) is 1. The van der Waals surface area contributed by atoms with Gasteiger partial charge in [0.05, 0.1) is 5.69 Å². The number of carbonyl (C=O) groups is 1. The highest BCUT2D eigenvalue weighted by Gasteiger charge is 2.20. The largest absolute Gasteiger partial charge is 0.483 e. The van der Waals surface area contributed by atoms with Crippen molar-refractivity contribution in [1.29, 1.82) is 0 Å². The van der Waals surface area contributed by atoms with E-state index in [4.69, 9.17) is 16.3 Å². The van der Waals surface area contributed by atoms with Gasteiger partial charge in [0.1, 0.15) is 5.75 Å². The molecular formula is C22H22BrClN2O2S. The molecule has 0 spiro atoms. The lowest BCUT2D eigenvalue weighted by atomic mass is 9.86. The van der Waals surface area contributed by atoms with E-state index >= 15 is 0 Å². The van der Waals surface area contributed by atoms with Gasteiger partial charge in [-0.3, -0.25) is 10.1 Å². The van der Waals surface area contributed by atoms with E-state index in [-0.39, 0.29) is 17.9 Å². The molecule has 7 heteroatoms. The molecule has 0 radical (unpaired) electrons. The summed E-state index contributed by atoms with van der Waals surface area (Å²) < 4.78 is 6.79. The average molecular weight is 494 g/mol. The summed E-state index contributed by atoms with van der Waals surface area (Å²) in [6, 6.07) is 13.3. The molecule has 1 aromatic heterocycles. The van der Waals surface area contributed by atoms with Crippen LogP contribution in [0.2, 0.25) is 5.02 Å². The van der Waals surface area contributed by atoms with Gasteiger partial charge in [-0.1, -0.05) is 60.4 Å². The van der Waals surface area contributed by atoms with Gasteiger partial charge in [-0.2, -0.15) is 0 Å². The molecular weight excluding hydrogens is 472 g/mol. The van der Waals surface area contributed by atoms with Gasteiger partial charge in [0.2, 0.25) is 0 Å². The normalized spacial score (nSPS) is 11.4. The Morgan fingerprint density at radius 1 is 1.24 bits per heavy atom. The first-order chi connectivity index (χ1) is 13.6. The minimum Gasteiger partial charge on any atom is -0.483 e. The van der Waals surface area contributed by atoms with E-state index in [0.29, 0.717) is 15.9 Å². The summed E-state index contributed by atoms with van der Waals surface area (Å²) in [6.45, 7) is 8.21. The van der Waals surface area contributed by atoms with E-state index in [1.165, 1.54) is 11.3 Å². The Hall–Kier alpha value is -1.89. The van der Waals surface area contributed by atoms with Crippen molar-refractivity contribution >= 4 is 49.9 Å². The summed E-state index contributed by atoms with van der Waals surface area (Å²) in [4.78, 5) is 18.0. The van der Waals surface area contributed by atoms with Crippen LogP contribution < -0.4 is 10.1 Å². The third-order valence-corrected chi connectivity index (χ3v) is 5.86. The molecule has 1 heterocycles. The summed E-state index contributed by atoms with van der Waals surface area (Å²) >= 11 is 11.0. The summed E-state index contributed by atoms with van der Waals surface area (Å²) in [5.74, 6) is 0.449. The second-order valence-corrected chi connectivity index (χ2v) is 10.2. The number of benzene rings is 2. The Bertz CT molecular complexity index is 1040. The predicted molar refractivity (Wildman–Crippen MR) is 124 cm³/mol. The zero-order valence-electron chi connectivity index (χ0n) is 16.7. The fourth-order valence-corrected chi connectivity index (χ4v) is 4.27. The van der Waals surface area contributed by atoms with E-state index in [0.717, 1.165) is 26.2 Å². The number of ether oxygens (including phenoxy) is 1. The molecule has 0 unspecified atom stereocenters. The molecule has 3 aromatic rings. The first kappa shape index (κ1) is 21.8. The maximum absolute atomic E-state index is 12.4. The molecule has 3 rings (SSSR count). The molecule has 0 fully saturated rings. The van der Waals surface area contributed by atoms with Crippen LogP contribution in [0, 0.1) is 6.92 Å². The van der Waals surface area contributed by atoms with Gasteiger partial charge in [-0.05, 0) is 42.7 Å². The van der Waals surface area contributed by atoms with Crippen LogP contribution in [0.5, 0.6) is 5.75 Å². The summed E-state index contributed by atoms with van der Waals surface area (Å²) in [7, 11) is 0. The minimum atomic E-state index is -0.251. The van der Waals surface area contributed by atoms with E-state index in [1.54, 1.807) is 0 Å². The molecule has 0 aliphatic rings. The molecule has 2 aromatic carbocycles. The number of hydrogen-bond acceptors (Lipinski definition) is 4. The van der Waals surface area contributed by atoms with Crippen LogP contribution >= 0.6 is 38.9 Å². The standard InChI is InChI=1S/C22H22BrClN2O2S/c1-13-20(14-6-5-7-16(24)10-14)26-21(29-13)25-19(27)12-28-18-9-8-15(23)11-17(18)22(2,3)4/h5-11H,12H2,1-4H3,(H,25,26,27). The fourth-order valence-electron chi connectivity index (χ4n) is 2.87. The fraction of sp³-hybridized carbons (Fsp3) is 0.273. The first-order valence-corrected chi connectivity index (χ1v) is 11.1. The smallest absolute Gasteiger partial charge is 0.264 e. The molecule has 0 saturated carbocycles. The third kappa shape index (κ3) is 5.59. The number of anilines is 1. The van der Waals surface area contributed by atoms with Gasteiger partial charge in [-0.25, -0.2) is 4.98 Å². The second-order valence-electron chi connectivity index (χ2n) is 7.66. The number of rotatable bonds is 5. The molecule has 4 nitrogen and oxygen atoms in total. The highest BCUT2D eigenvalue weighted by molar-refractivity contribution is 9.10. The van der Waals surface area contributed by atoms with Crippen molar-refractivity contribution in [1.82, 2.24) is 4.98 Å². The van der Waals surface area contributed by atoms with Crippen molar-refractivity contribution in [2.75, 3.05) is 11.9 Å². The van der Waals surface area contributed by atoms with Gasteiger partial charge < -0.3 is 4.74 Å². The summed E-state index contributed by atoms with van der Waals surface area (Å²) in [5.41, 5.74) is 2.67. The lowest BCUT2D eigenvalue weighted by molar-refractivity contribution is -0.118. The second kappa shape index (κ2) is 8.86. The van der Waals surface area contributed by atoms with Gasteiger partial charge in [-0.15, -0.1) is 11.3 Å². The molecule has 152 valence electrons. The molecule has 0 aliphatic carbocycles. The van der Waals surface area contributed by atoms with Crippen molar-refractivity contribution in [2.45, 2.75) is 33.1 Å². The van der Waals surface area contributed by atoms with Gasteiger partial charge >= 0.3 is 0 Å². The lowest BCUT2D eigenvalue weighted by Crippen LogP contribution is -2.22. The minimum absolute atomic E-state index is 0.0875. The van der Waals surface area contributed by atoms with Gasteiger partial charge in [0.25, 0.3) is 5.91 Å². The number of aromatic nitrogens is 1. The van der Waals surface area contributed by atoms with E-state index in [1.807, 2.05) is 49.4 Å². The van der Waals surface area contributed by atoms with Gasteiger partial charge in [0.15, 0.2) is 11.7 Å². The molecule has 1 N–H and O–H groups in total. The van der Waals surface area contributed by atoms with Crippen molar-refractivity contribution in [2.24, 2.45) is 0 Å². The highest BCUT2D eigenvalue weighted by atomic mass is 79.9. The maximum Gasteiger partial charge on any atom is 0.264 e. The highest BCUT2D eigenvalue weighted by Crippen LogP contribution is 2.34. The van der Waals surface area contributed by atoms with Crippen LogP contribution in [0.3, 0.4) is 0 Å². The zero-order chi connectivity index (χ0) is 21.2. The first-order valence-electron chi connectivity index (χ1n) is 9.09. The SMILES string of the molecule is Cc1sc(NC(=O)COc2ccc(Br)cc2C(C)(C)C)nc1-c1cccc(Cl)c1. The monoisotopic (exact) mass is 492 g/mol. The number of carbonyl (C=O) groups excluding carboxylic acids is 1. The van der Waals surface area contributed by atoms with Crippen molar-refractivity contribution in [3.05, 3.63) is 62.4 Å². The Balaban J connectivity index is 1.69. The number of thiazole rings is 1. The number of nitrogens with zero attached hydrogens (tertiary/aromatic N) is 1. The Kier molecular flexibility index (Phi) is 6.66. The van der Waals surface area contributed by atoms with Crippen LogP contribution in [0.25, 0.3) is 11.3 Å². The topological polar surface area (TPSA) is 51.2 Å². The summed E-state index contributed by atoms with van der Waals surface area (Å²) in [6.07, 6.45) is 0. The van der Waals surface area contributed by atoms with Crippen LogP contribution in [0.4, 0.5) is 5.13 Å². The van der Waals surface area contributed by atoms with E-state index in [9.17, 15) is 4.79 Å². The van der Waals surface area contributed by atoms with Crippen LogP contribution in [-0.2, 0) is 10.2 Å². The van der Waals surface area contributed by atoms with Crippen LogP contribution in [0.1, 0.15) is 31.2 Å². The lowest BCUT2D eigenvalue weighted by Gasteiger charge is -2.23.